The van der Waals surface area contributed by atoms with E-state index in [-0.39, 0.29) is 5.41 Å². The molecular weight excluding hydrogens is 177 g/mol. The van der Waals surface area contributed by atoms with Crippen molar-refractivity contribution in [2.24, 2.45) is 10.8 Å². The Morgan fingerprint density at radius 3 is 1.54 bits per heavy atom. The van der Waals surface area contributed by atoms with Crippen LogP contribution in [0.25, 0.3) is 0 Å². The molecule has 0 heterocycles. The molecule has 13 heavy (non-hydrogen) atoms. The van der Waals surface area contributed by atoms with Gasteiger partial charge in [-0.3, -0.25) is 0 Å². The van der Waals surface area contributed by atoms with Gasteiger partial charge in [-0.1, -0.05) is 34.6 Å². The zero-order chi connectivity index (χ0) is 10.9. The number of hydrogen-bond acceptors (Lipinski definition) is 0. The molecule has 0 radical (unpaired) electrons. The van der Waals surface area contributed by atoms with Crippen LogP contribution in [0.1, 0.15) is 41.0 Å². The number of halogens is 3. The molecule has 0 fully saturated rings. The second kappa shape index (κ2) is 3.89. The molecule has 0 saturated heterocycles. The standard InChI is InChI=1S/C10H19F3/c1-9(2,3)6-10(4,5)7(11)8(12)13/h7-8H,6H2,1-5H3. The van der Waals surface area contributed by atoms with E-state index in [4.69, 9.17) is 0 Å². The molecule has 0 aliphatic heterocycles. The van der Waals surface area contributed by atoms with Gasteiger partial charge < -0.3 is 0 Å². The monoisotopic (exact) mass is 196 g/mol. The van der Waals surface area contributed by atoms with Gasteiger partial charge in [-0.2, -0.15) is 0 Å². The lowest BCUT2D eigenvalue weighted by molar-refractivity contribution is -0.0323. The summed E-state index contributed by atoms with van der Waals surface area (Å²) < 4.78 is 37.3. The van der Waals surface area contributed by atoms with E-state index in [9.17, 15) is 13.2 Å². The molecule has 0 aromatic heterocycles. The number of alkyl halides is 3. The first-order valence-electron chi connectivity index (χ1n) is 4.48. The van der Waals surface area contributed by atoms with Gasteiger partial charge in [-0.25, -0.2) is 13.2 Å². The zero-order valence-corrected chi connectivity index (χ0v) is 9.00. The van der Waals surface area contributed by atoms with Crippen molar-refractivity contribution >= 4 is 0 Å². The molecule has 80 valence electrons. The molecule has 0 spiro atoms. The maximum absolute atomic E-state index is 13.1. The Morgan fingerprint density at radius 1 is 0.923 bits per heavy atom. The van der Waals surface area contributed by atoms with Crippen LogP contribution in [-0.2, 0) is 0 Å². The Morgan fingerprint density at radius 2 is 1.31 bits per heavy atom. The molecule has 1 unspecified atom stereocenters. The quantitative estimate of drug-likeness (QED) is 0.638. The molecule has 0 amide bonds. The van der Waals surface area contributed by atoms with E-state index in [1.54, 1.807) is 13.8 Å². The van der Waals surface area contributed by atoms with Gasteiger partial charge in [0.1, 0.15) is 0 Å². The highest BCUT2D eigenvalue weighted by Gasteiger charge is 2.39. The summed E-state index contributed by atoms with van der Waals surface area (Å²) in [4.78, 5) is 0. The molecule has 0 aliphatic rings. The van der Waals surface area contributed by atoms with Gasteiger partial charge in [0.15, 0.2) is 6.17 Å². The van der Waals surface area contributed by atoms with Crippen molar-refractivity contribution in [2.75, 3.05) is 0 Å². The van der Waals surface area contributed by atoms with Crippen molar-refractivity contribution in [3.05, 3.63) is 0 Å². The van der Waals surface area contributed by atoms with Gasteiger partial charge in [0.2, 0.25) is 0 Å². The van der Waals surface area contributed by atoms with Gasteiger partial charge in [0, 0.05) is 5.41 Å². The molecule has 3 heteroatoms. The van der Waals surface area contributed by atoms with E-state index < -0.39 is 18.0 Å². The SMILES string of the molecule is CC(C)(C)CC(C)(C)C(F)C(F)F. The normalized spacial score (nSPS) is 16.4. The van der Waals surface area contributed by atoms with E-state index in [1.165, 1.54) is 0 Å². The fourth-order valence-corrected chi connectivity index (χ4v) is 1.81. The molecule has 0 bridgehead atoms. The van der Waals surface area contributed by atoms with Crippen molar-refractivity contribution in [2.45, 2.75) is 53.6 Å². The highest BCUT2D eigenvalue weighted by molar-refractivity contribution is 4.84. The predicted molar refractivity (Wildman–Crippen MR) is 48.8 cm³/mol. The smallest absolute Gasteiger partial charge is 0.241 e. The minimum Gasteiger partial charge on any atom is -0.241 e. The van der Waals surface area contributed by atoms with Gasteiger partial charge in [0.05, 0.1) is 0 Å². The van der Waals surface area contributed by atoms with Crippen LogP contribution in [0.2, 0.25) is 0 Å². The van der Waals surface area contributed by atoms with Crippen LogP contribution in [0.5, 0.6) is 0 Å². The van der Waals surface area contributed by atoms with Crippen LogP contribution in [-0.4, -0.2) is 12.6 Å². The maximum atomic E-state index is 13.1. The molecule has 0 nitrogen and oxygen atoms in total. The molecule has 0 aromatic rings. The van der Waals surface area contributed by atoms with Gasteiger partial charge in [-0.15, -0.1) is 0 Å². The van der Waals surface area contributed by atoms with E-state index in [0.29, 0.717) is 6.42 Å². The van der Waals surface area contributed by atoms with Crippen LogP contribution in [0.4, 0.5) is 13.2 Å². The summed E-state index contributed by atoms with van der Waals surface area (Å²) in [5.41, 5.74) is -1.07. The topological polar surface area (TPSA) is 0 Å². The third kappa shape index (κ3) is 4.53. The summed E-state index contributed by atoms with van der Waals surface area (Å²) in [6, 6.07) is 0. The molecule has 0 rings (SSSR count). The van der Waals surface area contributed by atoms with Crippen molar-refractivity contribution in [3.8, 4) is 0 Å². The minimum absolute atomic E-state index is 0.122. The first-order chi connectivity index (χ1) is 5.56. The summed E-state index contributed by atoms with van der Waals surface area (Å²) in [6.45, 7) is 8.87. The van der Waals surface area contributed by atoms with Crippen LogP contribution in [0.3, 0.4) is 0 Å². The van der Waals surface area contributed by atoms with E-state index in [1.807, 2.05) is 20.8 Å². The van der Waals surface area contributed by atoms with Gasteiger partial charge >= 0.3 is 0 Å². The number of rotatable bonds is 3. The van der Waals surface area contributed by atoms with Crippen molar-refractivity contribution in [1.29, 1.82) is 0 Å². The summed E-state index contributed by atoms with van der Waals surface area (Å²) in [6.07, 6.45) is -4.46. The molecular formula is C10H19F3. The molecule has 0 aromatic carbocycles. The van der Waals surface area contributed by atoms with E-state index in [0.717, 1.165) is 0 Å². The first kappa shape index (κ1) is 12.8. The van der Waals surface area contributed by atoms with Gasteiger partial charge in [-0.05, 0) is 11.8 Å². The van der Waals surface area contributed by atoms with E-state index in [2.05, 4.69) is 0 Å². The lowest BCUT2D eigenvalue weighted by Crippen LogP contribution is -2.35. The minimum atomic E-state index is -2.88. The fraction of sp³-hybridized carbons (Fsp3) is 1.00. The highest BCUT2D eigenvalue weighted by atomic mass is 19.3. The molecule has 0 aliphatic carbocycles. The third-order valence-electron chi connectivity index (χ3n) is 1.95. The molecule has 0 N–H and O–H groups in total. The van der Waals surface area contributed by atoms with Crippen LogP contribution >= 0.6 is 0 Å². The van der Waals surface area contributed by atoms with Gasteiger partial charge in [0.25, 0.3) is 6.43 Å². The molecule has 0 saturated carbocycles. The Balaban J connectivity index is 4.39. The molecule has 1 atom stereocenters. The second-order valence-electron chi connectivity index (χ2n) is 5.46. The second-order valence-corrected chi connectivity index (χ2v) is 5.46. The van der Waals surface area contributed by atoms with Crippen molar-refractivity contribution in [3.63, 3.8) is 0 Å². The Kier molecular flexibility index (Phi) is 3.82. The largest absolute Gasteiger partial charge is 0.269 e. The highest BCUT2D eigenvalue weighted by Crippen LogP contribution is 2.39. The first-order valence-corrected chi connectivity index (χ1v) is 4.48. The van der Waals surface area contributed by atoms with E-state index >= 15 is 0 Å². The zero-order valence-electron chi connectivity index (χ0n) is 9.00. The van der Waals surface area contributed by atoms with Crippen molar-refractivity contribution in [1.82, 2.24) is 0 Å². The maximum Gasteiger partial charge on any atom is 0.269 e. The Hall–Kier alpha value is -0.210. The summed E-state index contributed by atoms with van der Waals surface area (Å²) >= 11 is 0. The summed E-state index contributed by atoms with van der Waals surface area (Å²) in [5, 5.41) is 0. The lowest BCUT2D eigenvalue weighted by atomic mass is 9.73. The van der Waals surface area contributed by atoms with Crippen LogP contribution < -0.4 is 0 Å². The fourth-order valence-electron chi connectivity index (χ4n) is 1.81. The van der Waals surface area contributed by atoms with Crippen molar-refractivity contribution < 1.29 is 13.2 Å². The summed E-state index contributed by atoms with van der Waals surface area (Å²) in [7, 11) is 0. The Labute approximate surface area is 78.5 Å². The number of hydrogen-bond donors (Lipinski definition) is 0. The average molecular weight is 196 g/mol. The summed E-state index contributed by atoms with van der Waals surface area (Å²) in [5.74, 6) is 0. The average Bonchev–Trinajstić information content (AvgIpc) is 1.80. The van der Waals surface area contributed by atoms with Crippen LogP contribution in [0, 0.1) is 10.8 Å². The predicted octanol–water partition coefficient (Wildman–Crippen LogP) is 4.05. The van der Waals surface area contributed by atoms with Crippen LogP contribution in [0.15, 0.2) is 0 Å². The third-order valence-corrected chi connectivity index (χ3v) is 1.95. The lowest BCUT2D eigenvalue weighted by Gasteiger charge is -2.34. The Bertz CT molecular complexity index is 156.